The predicted molar refractivity (Wildman–Crippen MR) is 96.0 cm³/mol. The fourth-order valence-corrected chi connectivity index (χ4v) is 3.16. The predicted octanol–water partition coefficient (Wildman–Crippen LogP) is 2.10. The van der Waals surface area contributed by atoms with Gasteiger partial charge in [-0.2, -0.15) is 0 Å². The summed E-state index contributed by atoms with van der Waals surface area (Å²) in [4.78, 5) is 14.0. The monoisotopic (exact) mass is 330 g/mol. The van der Waals surface area contributed by atoms with Gasteiger partial charge in [0, 0.05) is 44.2 Å². The largest absolute Gasteiger partial charge is 0.497 e. The van der Waals surface area contributed by atoms with Crippen LogP contribution >= 0.6 is 0 Å². The number of anilines is 1. The van der Waals surface area contributed by atoms with Gasteiger partial charge in [-0.1, -0.05) is 0 Å². The van der Waals surface area contributed by atoms with Gasteiger partial charge in [-0.05, 0) is 26.0 Å². The quantitative estimate of drug-likeness (QED) is 0.837. The maximum absolute atomic E-state index is 5.43. The first kappa shape index (κ1) is 16.9. The first-order valence-electron chi connectivity index (χ1n) is 8.44. The van der Waals surface area contributed by atoms with Gasteiger partial charge in [-0.25, -0.2) is 9.97 Å². The highest BCUT2D eigenvalue weighted by Gasteiger charge is 2.19. The molecule has 0 aliphatic carbocycles. The smallest absolute Gasteiger partial charge is 0.225 e. The van der Waals surface area contributed by atoms with Crippen molar-refractivity contribution in [1.29, 1.82) is 0 Å². The number of benzene rings is 1. The van der Waals surface area contributed by atoms with Crippen LogP contribution in [-0.2, 0) is 4.74 Å². The summed E-state index contributed by atoms with van der Waals surface area (Å²) in [6, 6.07) is 6.36. The molecule has 130 valence electrons. The van der Waals surface area contributed by atoms with Crippen molar-refractivity contribution < 1.29 is 9.47 Å². The van der Waals surface area contributed by atoms with Gasteiger partial charge in [-0.15, -0.1) is 0 Å². The van der Waals surface area contributed by atoms with Crippen LogP contribution in [0.1, 0.15) is 12.6 Å². The maximum atomic E-state index is 5.43. The van der Waals surface area contributed by atoms with E-state index in [1.165, 1.54) is 0 Å². The van der Waals surface area contributed by atoms with E-state index >= 15 is 0 Å². The van der Waals surface area contributed by atoms with E-state index in [0.717, 1.165) is 61.1 Å². The standard InChI is InChI=1S/C18H26N4O2/c1-13(22-7-9-24-10-8-22)12-21(3)18-19-14(2)16-6-5-15(23-4)11-17(16)20-18/h5-6,11,13H,7-10,12H2,1-4H3/t13-/m0/s1. The molecule has 0 unspecified atom stereocenters. The molecule has 0 amide bonds. The van der Waals surface area contributed by atoms with E-state index in [1.807, 2.05) is 25.1 Å². The number of fused-ring (bicyclic) bond motifs is 1. The average molecular weight is 330 g/mol. The van der Waals surface area contributed by atoms with E-state index < -0.39 is 0 Å². The van der Waals surface area contributed by atoms with Crippen molar-refractivity contribution in [1.82, 2.24) is 14.9 Å². The number of rotatable bonds is 5. The highest BCUT2D eigenvalue weighted by atomic mass is 16.5. The zero-order valence-electron chi connectivity index (χ0n) is 15.0. The van der Waals surface area contributed by atoms with Crippen LogP contribution in [0.15, 0.2) is 18.2 Å². The number of likely N-dealkylation sites (N-methyl/N-ethyl adjacent to an activating group) is 1. The summed E-state index contributed by atoms with van der Waals surface area (Å²) >= 11 is 0. The molecule has 6 heteroatoms. The molecule has 1 saturated heterocycles. The molecular weight excluding hydrogens is 304 g/mol. The first-order chi connectivity index (χ1) is 11.6. The van der Waals surface area contributed by atoms with Crippen LogP contribution in [-0.4, -0.2) is 67.9 Å². The van der Waals surface area contributed by atoms with Crippen molar-refractivity contribution in [2.24, 2.45) is 0 Å². The van der Waals surface area contributed by atoms with Crippen molar-refractivity contribution in [2.45, 2.75) is 19.9 Å². The molecular formula is C18H26N4O2. The number of methoxy groups -OCH3 is 1. The van der Waals surface area contributed by atoms with E-state index in [-0.39, 0.29) is 0 Å². The van der Waals surface area contributed by atoms with Gasteiger partial charge in [0.1, 0.15) is 5.75 Å². The number of hydrogen-bond donors (Lipinski definition) is 0. The molecule has 2 heterocycles. The van der Waals surface area contributed by atoms with Crippen molar-refractivity contribution in [2.75, 3.05) is 51.9 Å². The molecule has 0 radical (unpaired) electrons. The molecule has 1 aromatic carbocycles. The van der Waals surface area contributed by atoms with Crippen LogP contribution in [0, 0.1) is 6.92 Å². The summed E-state index contributed by atoms with van der Waals surface area (Å²) in [5.41, 5.74) is 1.91. The third-order valence-electron chi connectivity index (χ3n) is 4.63. The van der Waals surface area contributed by atoms with Gasteiger partial charge >= 0.3 is 0 Å². The summed E-state index contributed by atoms with van der Waals surface area (Å²) in [6.07, 6.45) is 0. The van der Waals surface area contributed by atoms with Gasteiger partial charge in [0.25, 0.3) is 0 Å². The second-order valence-corrected chi connectivity index (χ2v) is 6.37. The Labute approximate surface area is 143 Å². The summed E-state index contributed by atoms with van der Waals surface area (Å²) in [6.45, 7) is 8.78. The van der Waals surface area contributed by atoms with E-state index in [0.29, 0.717) is 6.04 Å². The van der Waals surface area contributed by atoms with Crippen LogP contribution in [0.25, 0.3) is 10.9 Å². The molecule has 0 N–H and O–H groups in total. The molecule has 6 nitrogen and oxygen atoms in total. The van der Waals surface area contributed by atoms with Gasteiger partial charge < -0.3 is 14.4 Å². The Bertz CT molecular complexity index is 701. The average Bonchev–Trinajstić information content (AvgIpc) is 2.61. The minimum absolute atomic E-state index is 0.434. The Morgan fingerprint density at radius 2 is 2.04 bits per heavy atom. The number of aryl methyl sites for hydroxylation is 1. The van der Waals surface area contributed by atoms with Crippen molar-refractivity contribution in [3.05, 3.63) is 23.9 Å². The molecule has 1 aliphatic rings. The second kappa shape index (κ2) is 7.32. The van der Waals surface area contributed by atoms with Gasteiger partial charge in [0.05, 0.1) is 31.5 Å². The summed E-state index contributed by atoms with van der Waals surface area (Å²) < 4.78 is 10.7. The Balaban J connectivity index is 1.79. The molecule has 1 atom stereocenters. The summed E-state index contributed by atoms with van der Waals surface area (Å²) in [7, 11) is 3.73. The van der Waals surface area contributed by atoms with Gasteiger partial charge in [0.2, 0.25) is 5.95 Å². The normalized spacial score (nSPS) is 17.0. The Morgan fingerprint density at radius 1 is 1.29 bits per heavy atom. The third-order valence-corrected chi connectivity index (χ3v) is 4.63. The lowest BCUT2D eigenvalue weighted by atomic mass is 10.2. The summed E-state index contributed by atoms with van der Waals surface area (Å²) in [5, 5.41) is 1.06. The highest BCUT2D eigenvalue weighted by molar-refractivity contribution is 5.83. The number of nitrogens with zero attached hydrogens (tertiary/aromatic N) is 4. The van der Waals surface area contributed by atoms with Crippen LogP contribution in [0.4, 0.5) is 5.95 Å². The molecule has 24 heavy (non-hydrogen) atoms. The molecule has 0 bridgehead atoms. The zero-order valence-corrected chi connectivity index (χ0v) is 15.0. The lowest BCUT2D eigenvalue weighted by Crippen LogP contribution is -2.47. The van der Waals surface area contributed by atoms with Crippen molar-refractivity contribution in [3.63, 3.8) is 0 Å². The van der Waals surface area contributed by atoms with Crippen LogP contribution in [0.2, 0.25) is 0 Å². The maximum Gasteiger partial charge on any atom is 0.225 e. The van der Waals surface area contributed by atoms with E-state index in [2.05, 4.69) is 28.8 Å². The van der Waals surface area contributed by atoms with Crippen LogP contribution in [0.5, 0.6) is 5.75 Å². The summed E-state index contributed by atoms with van der Waals surface area (Å²) in [5.74, 6) is 1.57. The minimum atomic E-state index is 0.434. The minimum Gasteiger partial charge on any atom is -0.497 e. The van der Waals surface area contributed by atoms with E-state index in [9.17, 15) is 0 Å². The number of aromatic nitrogens is 2. The van der Waals surface area contributed by atoms with Gasteiger partial charge in [-0.3, -0.25) is 4.90 Å². The molecule has 0 spiro atoms. The molecule has 2 aromatic rings. The van der Waals surface area contributed by atoms with Crippen LogP contribution < -0.4 is 9.64 Å². The molecule has 1 fully saturated rings. The fraction of sp³-hybridized carbons (Fsp3) is 0.556. The number of morpholine rings is 1. The molecule has 0 saturated carbocycles. The Morgan fingerprint density at radius 3 is 2.75 bits per heavy atom. The first-order valence-corrected chi connectivity index (χ1v) is 8.44. The SMILES string of the molecule is COc1ccc2c(C)nc(N(C)C[C@H](C)N3CCOCC3)nc2c1. The number of ether oxygens (including phenoxy) is 2. The highest BCUT2D eigenvalue weighted by Crippen LogP contribution is 2.23. The number of hydrogen-bond acceptors (Lipinski definition) is 6. The topological polar surface area (TPSA) is 50.7 Å². The van der Waals surface area contributed by atoms with Crippen molar-refractivity contribution >= 4 is 16.9 Å². The van der Waals surface area contributed by atoms with Crippen LogP contribution in [0.3, 0.4) is 0 Å². The lowest BCUT2D eigenvalue weighted by Gasteiger charge is -2.34. The second-order valence-electron chi connectivity index (χ2n) is 6.37. The fourth-order valence-electron chi connectivity index (χ4n) is 3.16. The van der Waals surface area contributed by atoms with Crippen molar-refractivity contribution in [3.8, 4) is 5.75 Å². The molecule has 1 aliphatic heterocycles. The van der Waals surface area contributed by atoms with Gasteiger partial charge in [0.15, 0.2) is 0 Å². The zero-order chi connectivity index (χ0) is 17.1. The van der Waals surface area contributed by atoms with E-state index in [4.69, 9.17) is 14.5 Å². The lowest BCUT2D eigenvalue weighted by molar-refractivity contribution is 0.0217. The van der Waals surface area contributed by atoms with E-state index in [1.54, 1.807) is 7.11 Å². The molecule has 3 rings (SSSR count). The Kier molecular flexibility index (Phi) is 5.16. The Hall–Kier alpha value is -1.92. The third kappa shape index (κ3) is 3.60. The molecule has 1 aromatic heterocycles.